The normalized spacial score (nSPS) is 11.1. The van der Waals surface area contributed by atoms with E-state index >= 15 is 0 Å². The molecule has 0 atom stereocenters. The lowest BCUT2D eigenvalue weighted by Crippen LogP contribution is -2.13. The van der Waals surface area contributed by atoms with Crippen molar-refractivity contribution in [2.24, 2.45) is 0 Å². The molecule has 0 fully saturated rings. The lowest BCUT2D eigenvalue weighted by molar-refractivity contribution is 0.0481. The van der Waals surface area contributed by atoms with E-state index in [1.807, 2.05) is 0 Å². The van der Waals surface area contributed by atoms with E-state index in [9.17, 15) is 17.6 Å². The average Bonchev–Trinajstić information content (AvgIpc) is 2.55. The second kappa shape index (κ2) is 7.92. The summed E-state index contributed by atoms with van der Waals surface area (Å²) in [6.45, 7) is 0.366. The Bertz CT molecular complexity index is 800. The van der Waals surface area contributed by atoms with E-state index in [0.717, 1.165) is 6.26 Å². The summed E-state index contributed by atoms with van der Waals surface area (Å²) in [5.41, 5.74) is 0.0134. The Balaban J connectivity index is 1.83. The molecular formula is C17H17FO5S. The maximum absolute atomic E-state index is 12.7. The van der Waals surface area contributed by atoms with Crippen LogP contribution in [0.2, 0.25) is 0 Å². The second-order valence-electron chi connectivity index (χ2n) is 5.06. The summed E-state index contributed by atoms with van der Waals surface area (Å²) in [5, 5.41) is 0. The van der Waals surface area contributed by atoms with Gasteiger partial charge in [-0.15, -0.1) is 0 Å². The van der Waals surface area contributed by atoms with Gasteiger partial charge in [-0.2, -0.15) is 0 Å². The first-order valence-corrected chi connectivity index (χ1v) is 9.11. The minimum Gasteiger partial charge on any atom is -0.493 e. The van der Waals surface area contributed by atoms with Gasteiger partial charge in [-0.05, 0) is 36.4 Å². The zero-order valence-electron chi connectivity index (χ0n) is 13.1. The van der Waals surface area contributed by atoms with Crippen molar-refractivity contribution in [1.29, 1.82) is 0 Å². The number of halogens is 1. The summed E-state index contributed by atoms with van der Waals surface area (Å²) < 4.78 is 46.5. The Morgan fingerprint density at radius 1 is 1.04 bits per heavy atom. The predicted octanol–water partition coefficient (Wildman–Crippen LogP) is 2.86. The molecule has 2 aromatic rings. The fourth-order valence-corrected chi connectivity index (χ4v) is 2.86. The van der Waals surface area contributed by atoms with Gasteiger partial charge < -0.3 is 9.47 Å². The number of sulfone groups is 1. The molecule has 0 aliphatic carbocycles. The third kappa shape index (κ3) is 5.06. The monoisotopic (exact) mass is 352 g/mol. The number of esters is 1. The van der Waals surface area contributed by atoms with Gasteiger partial charge in [0.25, 0.3) is 0 Å². The molecule has 0 saturated heterocycles. The molecule has 0 bridgehead atoms. The van der Waals surface area contributed by atoms with Gasteiger partial charge in [0.1, 0.15) is 11.6 Å². The van der Waals surface area contributed by atoms with E-state index in [1.165, 1.54) is 36.4 Å². The highest BCUT2D eigenvalue weighted by atomic mass is 32.2. The maximum atomic E-state index is 12.7. The van der Waals surface area contributed by atoms with Crippen LogP contribution < -0.4 is 4.74 Å². The number of carbonyl (C=O) groups is 1. The molecule has 0 amide bonds. The molecule has 2 rings (SSSR count). The van der Waals surface area contributed by atoms with Crippen molar-refractivity contribution in [3.8, 4) is 5.75 Å². The van der Waals surface area contributed by atoms with E-state index in [4.69, 9.17) is 9.47 Å². The minimum atomic E-state index is -3.51. The summed E-state index contributed by atoms with van der Waals surface area (Å²) in [6.07, 6.45) is 1.46. The van der Waals surface area contributed by atoms with Crippen LogP contribution in [0.5, 0.6) is 5.75 Å². The summed E-state index contributed by atoms with van der Waals surface area (Å²) in [6, 6.07) is 11.5. The number of benzene rings is 2. The molecule has 7 heteroatoms. The molecule has 0 saturated carbocycles. The topological polar surface area (TPSA) is 69.7 Å². The van der Waals surface area contributed by atoms with Gasteiger partial charge in [-0.25, -0.2) is 17.6 Å². The fraction of sp³-hybridized carbons (Fsp3) is 0.235. The van der Waals surface area contributed by atoms with E-state index < -0.39 is 15.8 Å². The van der Waals surface area contributed by atoms with Crippen molar-refractivity contribution in [2.45, 2.75) is 11.3 Å². The van der Waals surface area contributed by atoms with Crippen LogP contribution in [0.25, 0.3) is 0 Å². The largest absolute Gasteiger partial charge is 0.493 e. The van der Waals surface area contributed by atoms with Crippen molar-refractivity contribution < 1.29 is 27.1 Å². The van der Waals surface area contributed by atoms with Crippen LogP contribution in [-0.2, 0) is 14.6 Å². The first-order chi connectivity index (χ1) is 11.4. The first-order valence-electron chi connectivity index (χ1n) is 7.22. The molecule has 2 aromatic carbocycles. The van der Waals surface area contributed by atoms with E-state index in [2.05, 4.69) is 0 Å². The van der Waals surface area contributed by atoms with E-state index in [0.29, 0.717) is 12.2 Å². The molecule has 0 aliphatic heterocycles. The Kier molecular flexibility index (Phi) is 5.92. The Morgan fingerprint density at radius 2 is 1.71 bits per heavy atom. The van der Waals surface area contributed by atoms with Crippen molar-refractivity contribution in [3.05, 3.63) is 59.9 Å². The minimum absolute atomic E-state index is 0.0134. The van der Waals surface area contributed by atoms with Gasteiger partial charge in [0.15, 0.2) is 9.84 Å². The predicted molar refractivity (Wildman–Crippen MR) is 86.3 cm³/mol. The third-order valence-corrected chi connectivity index (χ3v) is 4.27. The van der Waals surface area contributed by atoms with Crippen LogP contribution in [0.1, 0.15) is 16.8 Å². The molecular weight excluding hydrogens is 335 g/mol. The van der Waals surface area contributed by atoms with Gasteiger partial charge in [0.05, 0.1) is 23.7 Å². The van der Waals surface area contributed by atoms with Crippen molar-refractivity contribution in [3.63, 3.8) is 0 Å². The molecule has 0 radical (unpaired) electrons. The van der Waals surface area contributed by atoms with E-state index in [-0.39, 0.29) is 29.5 Å². The zero-order valence-corrected chi connectivity index (χ0v) is 13.9. The van der Waals surface area contributed by atoms with Crippen molar-refractivity contribution in [1.82, 2.24) is 0 Å². The molecule has 5 nitrogen and oxygen atoms in total. The Labute approximate surface area is 139 Å². The summed E-state index contributed by atoms with van der Waals surface area (Å²) in [5.74, 6) is -0.524. The summed E-state index contributed by atoms with van der Waals surface area (Å²) in [4.78, 5) is 12.0. The highest BCUT2D eigenvalue weighted by Gasteiger charge is 2.18. The molecule has 0 unspecified atom stereocenters. The number of carbonyl (C=O) groups excluding carboxylic acids is 1. The van der Waals surface area contributed by atoms with Crippen LogP contribution in [0.3, 0.4) is 0 Å². The molecule has 0 heterocycles. The Hall–Kier alpha value is -2.41. The van der Waals surface area contributed by atoms with Crippen LogP contribution in [0.4, 0.5) is 4.39 Å². The maximum Gasteiger partial charge on any atom is 0.339 e. The van der Waals surface area contributed by atoms with E-state index in [1.54, 1.807) is 12.1 Å². The van der Waals surface area contributed by atoms with Crippen LogP contribution >= 0.6 is 0 Å². The molecule has 24 heavy (non-hydrogen) atoms. The number of ether oxygens (including phenoxy) is 2. The fourth-order valence-electron chi connectivity index (χ4n) is 1.98. The molecule has 0 aromatic heterocycles. The lowest BCUT2D eigenvalue weighted by atomic mass is 10.2. The second-order valence-corrected chi connectivity index (χ2v) is 7.04. The molecule has 128 valence electrons. The SMILES string of the molecule is CS(=O)(=O)c1ccccc1C(=O)OCCCOc1ccc(F)cc1. The van der Waals surface area contributed by atoms with Crippen LogP contribution in [0, 0.1) is 5.82 Å². The smallest absolute Gasteiger partial charge is 0.339 e. The molecule has 0 aliphatic rings. The van der Waals surface area contributed by atoms with Gasteiger partial charge in [-0.3, -0.25) is 0 Å². The van der Waals surface area contributed by atoms with Crippen LogP contribution in [-0.4, -0.2) is 33.9 Å². The summed E-state index contributed by atoms with van der Waals surface area (Å²) >= 11 is 0. The van der Waals surface area contributed by atoms with Crippen LogP contribution in [0.15, 0.2) is 53.4 Å². The quantitative estimate of drug-likeness (QED) is 0.566. The molecule has 0 spiro atoms. The number of hydrogen-bond donors (Lipinski definition) is 0. The van der Waals surface area contributed by atoms with Gasteiger partial charge in [-0.1, -0.05) is 12.1 Å². The average molecular weight is 352 g/mol. The number of rotatable bonds is 7. The number of hydrogen-bond acceptors (Lipinski definition) is 5. The lowest BCUT2D eigenvalue weighted by Gasteiger charge is -2.09. The van der Waals surface area contributed by atoms with Crippen molar-refractivity contribution in [2.75, 3.05) is 19.5 Å². The van der Waals surface area contributed by atoms with Crippen molar-refractivity contribution >= 4 is 15.8 Å². The van der Waals surface area contributed by atoms with Gasteiger partial charge >= 0.3 is 5.97 Å². The standard InChI is InChI=1S/C17H17FO5S/c1-24(20,21)16-6-3-2-5-15(16)17(19)23-12-4-11-22-14-9-7-13(18)8-10-14/h2-3,5-10H,4,11-12H2,1H3. The summed E-state index contributed by atoms with van der Waals surface area (Å²) in [7, 11) is -3.51. The highest BCUT2D eigenvalue weighted by Crippen LogP contribution is 2.16. The highest BCUT2D eigenvalue weighted by molar-refractivity contribution is 7.90. The zero-order chi connectivity index (χ0) is 17.6. The Morgan fingerprint density at radius 3 is 2.38 bits per heavy atom. The first kappa shape index (κ1) is 17.9. The van der Waals surface area contributed by atoms with Gasteiger partial charge in [0.2, 0.25) is 0 Å². The van der Waals surface area contributed by atoms with Gasteiger partial charge in [0, 0.05) is 12.7 Å². The molecule has 0 N–H and O–H groups in total. The third-order valence-electron chi connectivity index (χ3n) is 3.11.